The number of hydrogen-bond acceptors (Lipinski definition) is 5. The summed E-state index contributed by atoms with van der Waals surface area (Å²) in [5.41, 5.74) is 0.990. The van der Waals surface area contributed by atoms with E-state index in [1.807, 2.05) is 17.6 Å². The van der Waals surface area contributed by atoms with Crippen LogP contribution in [0.1, 0.15) is 18.5 Å². The van der Waals surface area contributed by atoms with E-state index < -0.39 is 0 Å². The van der Waals surface area contributed by atoms with Crippen LogP contribution in [0.5, 0.6) is 0 Å². The van der Waals surface area contributed by atoms with Gasteiger partial charge in [-0.1, -0.05) is 11.3 Å². The molecule has 3 rings (SSSR count). The van der Waals surface area contributed by atoms with Gasteiger partial charge in [0.15, 0.2) is 0 Å². The Kier molecular flexibility index (Phi) is 2.33. The van der Waals surface area contributed by atoms with Crippen molar-refractivity contribution in [3.05, 3.63) is 11.9 Å². The van der Waals surface area contributed by atoms with Crippen molar-refractivity contribution in [3.63, 3.8) is 0 Å². The summed E-state index contributed by atoms with van der Waals surface area (Å²) in [5, 5.41) is 15.1. The van der Waals surface area contributed by atoms with Gasteiger partial charge >= 0.3 is 0 Å². The molecular weight excluding hydrogens is 224 g/mol. The first-order valence-corrected chi connectivity index (χ1v) is 6.30. The lowest BCUT2D eigenvalue weighted by atomic mass is 10.1. The van der Waals surface area contributed by atoms with Crippen LogP contribution in [0, 0.1) is 6.92 Å². The fourth-order valence-electron chi connectivity index (χ4n) is 2.05. The molecule has 0 amide bonds. The minimum Gasteiger partial charge on any atom is -0.391 e. The minimum absolute atomic E-state index is 0.216. The summed E-state index contributed by atoms with van der Waals surface area (Å²) in [6.07, 6.45) is 3.64. The van der Waals surface area contributed by atoms with E-state index in [-0.39, 0.29) is 6.10 Å². The number of aliphatic hydroxyl groups excluding tert-OH is 1. The number of β-amino-alcohol motifs (C(OH)–C–C–N with tert-alkyl or cyclic N) is 1. The van der Waals surface area contributed by atoms with Gasteiger partial charge in [-0.3, -0.25) is 0 Å². The lowest BCUT2D eigenvalue weighted by Crippen LogP contribution is -2.38. The molecule has 6 heteroatoms. The highest BCUT2D eigenvalue weighted by Crippen LogP contribution is 2.25. The molecule has 1 fully saturated rings. The third-order valence-electron chi connectivity index (χ3n) is 2.82. The molecule has 86 valence electrons. The smallest absolute Gasteiger partial charge is 0.214 e. The van der Waals surface area contributed by atoms with Gasteiger partial charge in [-0.25, -0.2) is 9.50 Å². The van der Waals surface area contributed by atoms with E-state index in [9.17, 15) is 5.11 Å². The Hall–Kier alpha value is -1.14. The van der Waals surface area contributed by atoms with Crippen LogP contribution >= 0.6 is 11.3 Å². The molecule has 5 nitrogen and oxygen atoms in total. The maximum atomic E-state index is 9.62. The monoisotopic (exact) mass is 238 g/mol. The normalized spacial score (nSPS) is 21.9. The lowest BCUT2D eigenvalue weighted by molar-refractivity contribution is 0.154. The zero-order valence-corrected chi connectivity index (χ0v) is 9.94. The van der Waals surface area contributed by atoms with E-state index in [4.69, 9.17) is 0 Å². The van der Waals surface area contributed by atoms with Crippen molar-refractivity contribution >= 4 is 21.4 Å². The standard InChI is InChI=1S/C10H14N4OS/c1-7-5-14-9(11-7)16-10(12-14)13-4-2-3-8(15)6-13/h5,8,15H,2-4,6H2,1H3. The van der Waals surface area contributed by atoms with Crippen LogP contribution in [0.25, 0.3) is 4.96 Å². The number of aromatic nitrogens is 3. The molecule has 0 radical (unpaired) electrons. The summed E-state index contributed by atoms with van der Waals surface area (Å²) >= 11 is 1.58. The third-order valence-corrected chi connectivity index (χ3v) is 3.80. The quantitative estimate of drug-likeness (QED) is 0.807. The molecule has 1 atom stereocenters. The van der Waals surface area contributed by atoms with Crippen molar-refractivity contribution in [2.24, 2.45) is 0 Å². The molecule has 0 bridgehead atoms. The molecule has 1 unspecified atom stereocenters. The van der Waals surface area contributed by atoms with Crippen molar-refractivity contribution < 1.29 is 5.11 Å². The van der Waals surface area contributed by atoms with Crippen LogP contribution in [0.3, 0.4) is 0 Å². The fraction of sp³-hybridized carbons (Fsp3) is 0.600. The molecule has 0 aromatic carbocycles. The summed E-state index contributed by atoms with van der Waals surface area (Å²) in [4.78, 5) is 7.44. The molecule has 2 aromatic rings. The maximum absolute atomic E-state index is 9.62. The molecule has 0 saturated carbocycles. The molecule has 1 saturated heterocycles. The number of anilines is 1. The minimum atomic E-state index is -0.216. The summed E-state index contributed by atoms with van der Waals surface area (Å²) in [6, 6.07) is 0. The van der Waals surface area contributed by atoms with Crippen LogP contribution in [-0.4, -0.2) is 38.9 Å². The SMILES string of the molecule is Cc1cn2nc(N3CCCC(O)C3)sc2n1. The van der Waals surface area contributed by atoms with Gasteiger partial charge in [0.1, 0.15) is 0 Å². The summed E-state index contributed by atoms with van der Waals surface area (Å²) in [6.45, 7) is 3.63. The van der Waals surface area contributed by atoms with E-state index in [1.54, 1.807) is 11.3 Å². The number of fused-ring (bicyclic) bond motifs is 1. The van der Waals surface area contributed by atoms with Gasteiger partial charge < -0.3 is 10.0 Å². The largest absolute Gasteiger partial charge is 0.391 e. The van der Waals surface area contributed by atoms with E-state index in [0.29, 0.717) is 6.54 Å². The molecule has 3 heterocycles. The van der Waals surface area contributed by atoms with E-state index >= 15 is 0 Å². The number of aliphatic hydroxyl groups is 1. The molecule has 0 aliphatic carbocycles. The van der Waals surface area contributed by atoms with Gasteiger partial charge in [0, 0.05) is 13.1 Å². The number of aryl methyl sites for hydroxylation is 1. The first kappa shape index (κ1) is 10.0. The molecule has 2 aromatic heterocycles. The van der Waals surface area contributed by atoms with Gasteiger partial charge in [-0.05, 0) is 19.8 Å². The van der Waals surface area contributed by atoms with Crippen molar-refractivity contribution in [2.75, 3.05) is 18.0 Å². The Morgan fingerprint density at radius 3 is 3.19 bits per heavy atom. The second kappa shape index (κ2) is 3.71. The van der Waals surface area contributed by atoms with Crippen molar-refractivity contribution in [1.29, 1.82) is 0 Å². The van der Waals surface area contributed by atoms with Gasteiger partial charge in [-0.15, -0.1) is 5.10 Å². The van der Waals surface area contributed by atoms with Crippen molar-refractivity contribution in [1.82, 2.24) is 14.6 Å². The molecule has 1 aliphatic rings. The fourth-order valence-corrected chi connectivity index (χ4v) is 3.02. The zero-order chi connectivity index (χ0) is 11.1. The number of nitrogens with zero attached hydrogens (tertiary/aromatic N) is 4. The highest BCUT2D eigenvalue weighted by atomic mass is 32.1. The molecular formula is C10H14N4OS. The highest BCUT2D eigenvalue weighted by molar-refractivity contribution is 7.20. The highest BCUT2D eigenvalue weighted by Gasteiger charge is 2.21. The van der Waals surface area contributed by atoms with Gasteiger partial charge in [-0.2, -0.15) is 0 Å². The van der Waals surface area contributed by atoms with Gasteiger partial charge in [0.05, 0.1) is 18.0 Å². The van der Waals surface area contributed by atoms with E-state index in [0.717, 1.165) is 35.2 Å². The summed E-state index contributed by atoms with van der Waals surface area (Å²) < 4.78 is 1.82. The number of imidazole rings is 1. The zero-order valence-electron chi connectivity index (χ0n) is 9.13. The average molecular weight is 238 g/mol. The van der Waals surface area contributed by atoms with Crippen LogP contribution < -0.4 is 4.90 Å². The number of piperidine rings is 1. The molecule has 0 spiro atoms. The molecule has 1 N–H and O–H groups in total. The summed E-state index contributed by atoms with van der Waals surface area (Å²) in [5.74, 6) is 0. The van der Waals surface area contributed by atoms with Crippen molar-refractivity contribution in [3.8, 4) is 0 Å². The Balaban J connectivity index is 1.90. The Labute approximate surface area is 97.3 Å². The maximum Gasteiger partial charge on any atom is 0.214 e. The molecule has 16 heavy (non-hydrogen) atoms. The number of hydrogen-bond donors (Lipinski definition) is 1. The molecule has 1 aliphatic heterocycles. The Morgan fingerprint density at radius 1 is 1.56 bits per heavy atom. The van der Waals surface area contributed by atoms with Crippen molar-refractivity contribution in [2.45, 2.75) is 25.9 Å². The number of rotatable bonds is 1. The Bertz CT molecular complexity index is 474. The average Bonchev–Trinajstić information content (AvgIpc) is 2.74. The predicted octanol–water partition coefficient (Wildman–Crippen LogP) is 1.06. The first-order chi connectivity index (χ1) is 7.72. The second-order valence-electron chi connectivity index (χ2n) is 4.24. The predicted molar refractivity (Wildman–Crippen MR) is 63.1 cm³/mol. The van der Waals surface area contributed by atoms with Crippen LogP contribution in [0.15, 0.2) is 6.20 Å². The van der Waals surface area contributed by atoms with Crippen LogP contribution in [0.4, 0.5) is 5.13 Å². The Morgan fingerprint density at radius 2 is 2.44 bits per heavy atom. The topological polar surface area (TPSA) is 53.7 Å². The van der Waals surface area contributed by atoms with Crippen LogP contribution in [-0.2, 0) is 0 Å². The first-order valence-electron chi connectivity index (χ1n) is 5.48. The second-order valence-corrected chi connectivity index (χ2v) is 5.17. The van der Waals surface area contributed by atoms with Gasteiger partial charge in [0.25, 0.3) is 0 Å². The lowest BCUT2D eigenvalue weighted by Gasteiger charge is -2.29. The third kappa shape index (κ3) is 1.68. The summed E-state index contributed by atoms with van der Waals surface area (Å²) in [7, 11) is 0. The van der Waals surface area contributed by atoms with Crippen LogP contribution in [0.2, 0.25) is 0 Å². The van der Waals surface area contributed by atoms with E-state index in [1.165, 1.54) is 0 Å². The van der Waals surface area contributed by atoms with E-state index in [2.05, 4.69) is 15.0 Å². The van der Waals surface area contributed by atoms with Gasteiger partial charge in [0.2, 0.25) is 10.1 Å².